The van der Waals surface area contributed by atoms with E-state index in [0.717, 1.165) is 28.9 Å². The number of nitrogens with zero attached hydrogens (tertiary/aromatic N) is 1. The molecule has 2 N–H and O–H groups in total. The van der Waals surface area contributed by atoms with Crippen LogP contribution in [0.3, 0.4) is 0 Å². The molecule has 4 rings (SSSR count). The Kier molecular flexibility index (Phi) is 5.63. The lowest BCUT2D eigenvalue weighted by Gasteiger charge is -2.33. The van der Waals surface area contributed by atoms with Crippen molar-refractivity contribution in [3.8, 4) is 5.75 Å². The predicted molar refractivity (Wildman–Crippen MR) is 111 cm³/mol. The Morgan fingerprint density at radius 1 is 1.20 bits per heavy atom. The van der Waals surface area contributed by atoms with E-state index >= 15 is 0 Å². The molecule has 1 heterocycles. The van der Waals surface area contributed by atoms with Gasteiger partial charge in [-0.1, -0.05) is 41.9 Å². The van der Waals surface area contributed by atoms with E-state index in [1.807, 2.05) is 24.3 Å². The number of carbonyl (C=O) groups is 3. The molecule has 7 nitrogen and oxygen atoms in total. The van der Waals surface area contributed by atoms with Crippen LogP contribution in [0.25, 0.3) is 0 Å². The van der Waals surface area contributed by atoms with Crippen LogP contribution >= 0.6 is 11.6 Å². The molecule has 1 saturated heterocycles. The van der Waals surface area contributed by atoms with Crippen molar-refractivity contribution in [2.24, 2.45) is 0 Å². The van der Waals surface area contributed by atoms with Gasteiger partial charge in [0.25, 0.3) is 5.91 Å². The van der Waals surface area contributed by atoms with Crippen molar-refractivity contribution in [1.82, 2.24) is 15.5 Å². The van der Waals surface area contributed by atoms with E-state index in [2.05, 4.69) is 10.6 Å². The number of benzene rings is 2. The van der Waals surface area contributed by atoms with Gasteiger partial charge in [-0.15, -0.1) is 0 Å². The van der Waals surface area contributed by atoms with Gasteiger partial charge in [0.15, 0.2) is 0 Å². The second kappa shape index (κ2) is 8.36. The summed E-state index contributed by atoms with van der Waals surface area (Å²) in [6.07, 6.45) is 2.19. The second-order valence-electron chi connectivity index (χ2n) is 7.39. The molecule has 0 aromatic heterocycles. The maximum Gasteiger partial charge on any atom is 0.325 e. The van der Waals surface area contributed by atoms with Crippen molar-refractivity contribution >= 4 is 29.4 Å². The van der Waals surface area contributed by atoms with Gasteiger partial charge in [0.1, 0.15) is 24.4 Å². The average molecular weight is 428 g/mol. The monoisotopic (exact) mass is 427 g/mol. The highest BCUT2D eigenvalue weighted by molar-refractivity contribution is 6.30. The molecular weight excluding hydrogens is 406 g/mol. The number of halogens is 1. The molecule has 2 aliphatic rings. The van der Waals surface area contributed by atoms with Gasteiger partial charge < -0.3 is 15.4 Å². The fourth-order valence-corrected chi connectivity index (χ4v) is 4.25. The van der Waals surface area contributed by atoms with E-state index in [9.17, 15) is 14.4 Å². The van der Waals surface area contributed by atoms with Gasteiger partial charge in [0.2, 0.25) is 5.91 Å². The van der Waals surface area contributed by atoms with Crippen LogP contribution in [0.1, 0.15) is 24.0 Å². The van der Waals surface area contributed by atoms with Crippen LogP contribution in [0, 0.1) is 0 Å². The van der Waals surface area contributed by atoms with Gasteiger partial charge in [-0.05, 0) is 48.6 Å². The molecule has 0 saturated carbocycles. The van der Waals surface area contributed by atoms with Crippen LogP contribution < -0.4 is 15.4 Å². The molecule has 2 aromatic rings. The normalized spacial score (nSPS) is 20.1. The summed E-state index contributed by atoms with van der Waals surface area (Å²) < 4.78 is 5.52. The molecule has 1 aliphatic heterocycles. The van der Waals surface area contributed by atoms with Crippen LogP contribution in [-0.4, -0.2) is 42.4 Å². The fraction of sp³-hybridized carbons (Fsp3) is 0.318. The summed E-state index contributed by atoms with van der Waals surface area (Å²) in [6.45, 7) is 0.151. The Labute approximate surface area is 179 Å². The number of aryl methyl sites for hydroxylation is 1. The van der Waals surface area contributed by atoms with Gasteiger partial charge in [0, 0.05) is 5.02 Å². The minimum Gasteiger partial charge on any atom is -0.492 e. The largest absolute Gasteiger partial charge is 0.492 e. The van der Waals surface area contributed by atoms with E-state index in [0.29, 0.717) is 17.2 Å². The highest BCUT2D eigenvalue weighted by atomic mass is 35.5. The molecule has 4 amide bonds. The van der Waals surface area contributed by atoms with Crippen LogP contribution in [0.15, 0.2) is 48.5 Å². The number of hydrogen-bond acceptors (Lipinski definition) is 4. The van der Waals surface area contributed by atoms with Gasteiger partial charge in [-0.25, -0.2) is 4.79 Å². The number of fused-ring (bicyclic) bond motifs is 2. The molecule has 30 heavy (non-hydrogen) atoms. The zero-order chi connectivity index (χ0) is 21.1. The summed E-state index contributed by atoms with van der Waals surface area (Å²) in [5.41, 5.74) is 0.816. The molecule has 1 spiro atoms. The third-order valence-corrected chi connectivity index (χ3v) is 5.68. The Morgan fingerprint density at radius 3 is 2.87 bits per heavy atom. The summed E-state index contributed by atoms with van der Waals surface area (Å²) in [4.78, 5) is 39.0. The Hall–Kier alpha value is -3.06. The van der Waals surface area contributed by atoms with Crippen molar-refractivity contribution in [3.05, 3.63) is 64.7 Å². The van der Waals surface area contributed by atoms with Crippen LogP contribution in [-0.2, 0) is 21.5 Å². The Bertz CT molecular complexity index is 996. The van der Waals surface area contributed by atoms with Crippen LogP contribution in [0.2, 0.25) is 5.02 Å². The van der Waals surface area contributed by atoms with E-state index in [-0.39, 0.29) is 25.6 Å². The van der Waals surface area contributed by atoms with Crippen LogP contribution in [0.4, 0.5) is 4.79 Å². The molecule has 1 atom stereocenters. The Morgan fingerprint density at radius 2 is 2.03 bits per heavy atom. The standard InChI is InChI=1S/C22H22ClN3O4/c23-16-7-3-8-17(13-16)30-12-11-24-19(27)14-26-20(28)22(25-21(26)29)10-4-6-15-5-1-2-9-18(15)22/h1-3,5,7-9,13H,4,6,10-12,14H2,(H,24,27)(H,25,29)/t22-/m1/s1. The number of ether oxygens (including phenoxy) is 1. The van der Waals surface area contributed by atoms with E-state index in [4.69, 9.17) is 16.3 Å². The summed E-state index contributed by atoms with van der Waals surface area (Å²) in [5.74, 6) is -0.192. The first-order chi connectivity index (χ1) is 14.5. The third-order valence-electron chi connectivity index (χ3n) is 5.44. The maximum absolute atomic E-state index is 13.2. The molecule has 2 aromatic carbocycles. The summed E-state index contributed by atoms with van der Waals surface area (Å²) in [7, 11) is 0. The summed E-state index contributed by atoms with van der Waals surface area (Å²) in [5, 5.41) is 6.08. The molecule has 8 heteroatoms. The first kappa shape index (κ1) is 20.2. The van der Waals surface area contributed by atoms with Gasteiger partial charge in [-0.3, -0.25) is 14.5 Å². The molecular formula is C22H22ClN3O4. The van der Waals surface area contributed by atoms with Gasteiger partial charge in [-0.2, -0.15) is 0 Å². The zero-order valence-corrected chi connectivity index (χ0v) is 17.1. The number of urea groups is 1. The molecule has 1 fully saturated rings. The topological polar surface area (TPSA) is 87.7 Å². The second-order valence-corrected chi connectivity index (χ2v) is 7.83. The van der Waals surface area contributed by atoms with E-state index < -0.39 is 17.5 Å². The molecule has 0 radical (unpaired) electrons. The Balaban J connectivity index is 1.34. The van der Waals surface area contributed by atoms with E-state index in [1.54, 1.807) is 24.3 Å². The maximum atomic E-state index is 13.2. The van der Waals surface area contributed by atoms with Gasteiger partial charge in [0.05, 0.1) is 6.54 Å². The number of carbonyl (C=O) groups excluding carboxylic acids is 3. The van der Waals surface area contributed by atoms with E-state index in [1.165, 1.54) is 0 Å². The van der Waals surface area contributed by atoms with Crippen molar-refractivity contribution in [3.63, 3.8) is 0 Å². The summed E-state index contributed by atoms with van der Waals surface area (Å²) >= 11 is 5.90. The van der Waals surface area contributed by atoms with Crippen molar-refractivity contribution in [1.29, 1.82) is 0 Å². The number of nitrogens with one attached hydrogen (secondary N) is 2. The molecule has 0 bridgehead atoms. The minimum atomic E-state index is -1.07. The highest BCUT2D eigenvalue weighted by Crippen LogP contribution is 2.39. The smallest absolute Gasteiger partial charge is 0.325 e. The number of amides is 4. The molecule has 156 valence electrons. The van der Waals surface area contributed by atoms with Crippen molar-refractivity contribution in [2.75, 3.05) is 19.7 Å². The minimum absolute atomic E-state index is 0.239. The van der Waals surface area contributed by atoms with Gasteiger partial charge >= 0.3 is 6.03 Å². The first-order valence-electron chi connectivity index (χ1n) is 9.87. The summed E-state index contributed by atoms with van der Waals surface area (Å²) in [6, 6.07) is 14.1. The lowest BCUT2D eigenvalue weighted by molar-refractivity contribution is -0.135. The number of hydrogen-bond donors (Lipinski definition) is 2. The van der Waals surface area contributed by atoms with Crippen LogP contribution in [0.5, 0.6) is 5.75 Å². The molecule has 1 aliphatic carbocycles. The third kappa shape index (κ3) is 3.85. The SMILES string of the molecule is O=C(CN1C(=O)N[C@@]2(CCCc3ccccc32)C1=O)NCCOc1cccc(Cl)c1. The average Bonchev–Trinajstić information content (AvgIpc) is 2.96. The zero-order valence-electron chi connectivity index (χ0n) is 16.3. The van der Waals surface area contributed by atoms with Crippen molar-refractivity contribution in [2.45, 2.75) is 24.8 Å². The van der Waals surface area contributed by atoms with Crippen molar-refractivity contribution < 1.29 is 19.1 Å². The lowest BCUT2D eigenvalue weighted by Crippen LogP contribution is -2.47. The fourth-order valence-electron chi connectivity index (χ4n) is 4.07. The lowest BCUT2D eigenvalue weighted by atomic mass is 9.76. The highest BCUT2D eigenvalue weighted by Gasteiger charge is 2.54. The molecule has 0 unspecified atom stereocenters. The predicted octanol–water partition coefficient (Wildman–Crippen LogP) is 2.62. The first-order valence-corrected chi connectivity index (χ1v) is 10.2. The quantitative estimate of drug-likeness (QED) is 0.548. The number of imide groups is 1. The number of rotatable bonds is 6.